The van der Waals surface area contributed by atoms with E-state index in [-0.39, 0.29) is 12.1 Å². The highest BCUT2D eigenvalue weighted by Crippen LogP contribution is 2.22. The number of benzene rings is 1. The van der Waals surface area contributed by atoms with Crippen molar-refractivity contribution in [2.24, 2.45) is 0 Å². The molecule has 0 amide bonds. The second-order valence-corrected chi connectivity index (χ2v) is 9.58. The molecule has 0 saturated heterocycles. The largest absolute Gasteiger partial charge is 0.465 e. The van der Waals surface area contributed by atoms with Crippen LogP contribution in [-0.4, -0.2) is 21.4 Å². The lowest BCUT2D eigenvalue weighted by Crippen LogP contribution is -2.27. The van der Waals surface area contributed by atoms with Crippen LogP contribution in [0.4, 0.5) is 0 Å². The van der Waals surface area contributed by atoms with Gasteiger partial charge in [0, 0.05) is 0 Å². The Morgan fingerprint density at radius 1 is 1.21 bits per heavy atom. The third-order valence-corrected chi connectivity index (χ3v) is 3.32. The minimum atomic E-state index is -1.68. The average Bonchev–Trinajstić information content (AvgIpc) is 2.36. The highest BCUT2D eigenvalue weighted by atomic mass is 28.4. The molecule has 0 aliphatic heterocycles. The van der Waals surface area contributed by atoms with Gasteiger partial charge < -0.3 is 9.16 Å². The second-order valence-electron chi connectivity index (χ2n) is 5.12. The van der Waals surface area contributed by atoms with Crippen LogP contribution < -0.4 is 0 Å². The quantitative estimate of drug-likeness (QED) is 0.480. The van der Waals surface area contributed by atoms with Gasteiger partial charge in [0.2, 0.25) is 0 Å². The molecular formula is C15H20O3Si. The molecule has 1 aromatic rings. The molecule has 102 valence electrons. The molecule has 1 rings (SSSR count). The van der Waals surface area contributed by atoms with Crippen LogP contribution >= 0.6 is 0 Å². The first-order valence-electron chi connectivity index (χ1n) is 6.16. The number of ether oxygens (including phenoxy) is 1. The van der Waals surface area contributed by atoms with Crippen LogP contribution in [0.15, 0.2) is 24.3 Å². The Bertz CT molecular complexity index is 489. The normalized spacial score (nSPS) is 12.3. The minimum Gasteiger partial charge on any atom is -0.465 e. The van der Waals surface area contributed by atoms with Crippen LogP contribution in [-0.2, 0) is 9.16 Å². The Morgan fingerprint density at radius 3 is 2.21 bits per heavy atom. The third kappa shape index (κ3) is 4.90. The van der Waals surface area contributed by atoms with E-state index in [0.29, 0.717) is 5.56 Å². The molecule has 0 fully saturated rings. The van der Waals surface area contributed by atoms with E-state index in [1.165, 1.54) is 7.11 Å². The van der Waals surface area contributed by atoms with Gasteiger partial charge in [0.1, 0.15) is 6.10 Å². The van der Waals surface area contributed by atoms with Crippen molar-refractivity contribution in [3.63, 3.8) is 0 Å². The molecule has 0 heterocycles. The summed E-state index contributed by atoms with van der Waals surface area (Å²) in [5.41, 5.74) is 1.49. The summed E-state index contributed by atoms with van der Waals surface area (Å²) in [6, 6.07) is 7.20. The molecule has 3 nitrogen and oxygen atoms in total. The summed E-state index contributed by atoms with van der Waals surface area (Å²) in [6.45, 7) is 8.17. The maximum atomic E-state index is 11.4. The van der Waals surface area contributed by atoms with Crippen LogP contribution in [0.25, 0.3) is 0 Å². The van der Waals surface area contributed by atoms with Crippen molar-refractivity contribution in [1.29, 1.82) is 0 Å². The van der Waals surface area contributed by atoms with Crippen molar-refractivity contribution >= 4 is 14.3 Å². The standard InChI is InChI=1S/C15H20O3Si/c1-6-7-14(18-19(3,4)5)12-8-10-13(11-9-12)15(16)17-2/h8-11,14H,1-5H3. The van der Waals surface area contributed by atoms with E-state index in [1.807, 2.05) is 12.1 Å². The van der Waals surface area contributed by atoms with Gasteiger partial charge in [-0.3, -0.25) is 0 Å². The molecule has 0 radical (unpaired) electrons. The predicted octanol–water partition coefficient (Wildman–Crippen LogP) is 3.39. The van der Waals surface area contributed by atoms with Crippen LogP contribution in [0, 0.1) is 11.8 Å². The van der Waals surface area contributed by atoms with Crippen molar-refractivity contribution in [2.45, 2.75) is 32.7 Å². The van der Waals surface area contributed by atoms with Gasteiger partial charge in [-0.05, 0) is 44.3 Å². The lowest BCUT2D eigenvalue weighted by Gasteiger charge is -2.23. The Balaban J connectivity index is 2.97. The SMILES string of the molecule is CC#CC(O[Si](C)(C)C)c1ccc(C(=O)OC)cc1. The van der Waals surface area contributed by atoms with Crippen molar-refractivity contribution in [3.8, 4) is 11.8 Å². The van der Waals surface area contributed by atoms with Crippen LogP contribution in [0.5, 0.6) is 0 Å². The molecule has 4 heteroatoms. The first-order chi connectivity index (χ1) is 8.87. The zero-order valence-electron chi connectivity index (χ0n) is 12.1. The van der Waals surface area contributed by atoms with Crippen molar-refractivity contribution < 1.29 is 14.0 Å². The number of rotatable bonds is 4. The summed E-state index contributed by atoms with van der Waals surface area (Å²) >= 11 is 0. The predicted molar refractivity (Wildman–Crippen MR) is 78.4 cm³/mol. The van der Waals surface area contributed by atoms with E-state index in [0.717, 1.165) is 5.56 Å². The molecule has 0 aliphatic carbocycles. The first-order valence-corrected chi connectivity index (χ1v) is 9.56. The Morgan fingerprint density at radius 2 is 1.79 bits per heavy atom. The van der Waals surface area contributed by atoms with E-state index in [9.17, 15) is 4.79 Å². The van der Waals surface area contributed by atoms with Gasteiger partial charge in [-0.1, -0.05) is 18.1 Å². The molecule has 19 heavy (non-hydrogen) atoms. The number of methoxy groups -OCH3 is 1. The first kappa shape index (κ1) is 15.5. The zero-order chi connectivity index (χ0) is 14.5. The summed E-state index contributed by atoms with van der Waals surface area (Å²) < 4.78 is 10.7. The molecule has 0 aromatic heterocycles. The van der Waals surface area contributed by atoms with Gasteiger partial charge in [0.05, 0.1) is 12.7 Å². The van der Waals surface area contributed by atoms with E-state index in [4.69, 9.17) is 4.43 Å². The van der Waals surface area contributed by atoms with E-state index >= 15 is 0 Å². The maximum Gasteiger partial charge on any atom is 0.337 e. The molecular weight excluding hydrogens is 256 g/mol. The summed E-state index contributed by atoms with van der Waals surface area (Å²) in [7, 11) is -0.306. The number of esters is 1. The molecule has 1 unspecified atom stereocenters. The summed E-state index contributed by atoms with van der Waals surface area (Å²) in [6.07, 6.45) is -0.233. The van der Waals surface area contributed by atoms with Gasteiger partial charge >= 0.3 is 5.97 Å². The number of carbonyl (C=O) groups is 1. The zero-order valence-corrected chi connectivity index (χ0v) is 13.1. The van der Waals surface area contributed by atoms with Crippen LogP contribution in [0.2, 0.25) is 19.6 Å². The minimum absolute atomic E-state index is 0.233. The van der Waals surface area contributed by atoms with Crippen molar-refractivity contribution in [2.75, 3.05) is 7.11 Å². The third-order valence-electron chi connectivity index (χ3n) is 2.38. The fourth-order valence-electron chi connectivity index (χ4n) is 1.58. The van der Waals surface area contributed by atoms with Crippen molar-refractivity contribution in [1.82, 2.24) is 0 Å². The highest BCUT2D eigenvalue weighted by Gasteiger charge is 2.21. The lowest BCUT2D eigenvalue weighted by molar-refractivity contribution is 0.0600. The van der Waals surface area contributed by atoms with Crippen molar-refractivity contribution in [3.05, 3.63) is 35.4 Å². The number of carbonyl (C=O) groups excluding carboxylic acids is 1. The number of hydrogen-bond acceptors (Lipinski definition) is 3. The van der Waals surface area contributed by atoms with Crippen LogP contribution in [0.3, 0.4) is 0 Å². The molecule has 0 saturated carbocycles. The fourth-order valence-corrected chi connectivity index (χ4v) is 2.48. The molecule has 1 aromatic carbocycles. The summed E-state index contributed by atoms with van der Waals surface area (Å²) in [5.74, 6) is 5.62. The highest BCUT2D eigenvalue weighted by molar-refractivity contribution is 6.69. The molecule has 0 aliphatic rings. The topological polar surface area (TPSA) is 35.5 Å². The average molecular weight is 276 g/mol. The molecule has 0 spiro atoms. The Hall–Kier alpha value is -1.57. The Kier molecular flexibility index (Phi) is 5.34. The monoisotopic (exact) mass is 276 g/mol. The number of hydrogen-bond donors (Lipinski definition) is 0. The Labute approximate surface area is 116 Å². The maximum absolute atomic E-state index is 11.4. The summed E-state index contributed by atoms with van der Waals surface area (Å²) in [5, 5.41) is 0. The van der Waals surface area contributed by atoms with Gasteiger partial charge in [-0.2, -0.15) is 0 Å². The fraction of sp³-hybridized carbons (Fsp3) is 0.400. The molecule has 0 N–H and O–H groups in total. The van der Waals surface area contributed by atoms with Gasteiger partial charge in [0.15, 0.2) is 8.32 Å². The molecule has 1 atom stereocenters. The van der Waals surface area contributed by atoms with E-state index < -0.39 is 8.32 Å². The van der Waals surface area contributed by atoms with E-state index in [2.05, 4.69) is 36.2 Å². The van der Waals surface area contributed by atoms with E-state index in [1.54, 1.807) is 19.1 Å². The van der Waals surface area contributed by atoms with Gasteiger partial charge in [0.25, 0.3) is 0 Å². The lowest BCUT2D eigenvalue weighted by atomic mass is 10.1. The molecule has 0 bridgehead atoms. The smallest absolute Gasteiger partial charge is 0.337 e. The van der Waals surface area contributed by atoms with Gasteiger partial charge in [-0.25, -0.2) is 4.79 Å². The van der Waals surface area contributed by atoms with Crippen LogP contribution in [0.1, 0.15) is 28.9 Å². The van der Waals surface area contributed by atoms with Gasteiger partial charge in [-0.15, -0.1) is 5.92 Å². The summed E-state index contributed by atoms with van der Waals surface area (Å²) in [4.78, 5) is 11.4. The second kappa shape index (κ2) is 6.55.